The van der Waals surface area contributed by atoms with Crippen LogP contribution in [0.25, 0.3) is 6.08 Å². The number of hydrogen-bond acceptors (Lipinski definition) is 4. The van der Waals surface area contributed by atoms with Gasteiger partial charge in [-0.15, -0.1) is 0 Å². The third-order valence-electron chi connectivity index (χ3n) is 4.06. The number of aromatic nitrogens is 1. The van der Waals surface area contributed by atoms with E-state index in [1.165, 1.54) is 0 Å². The van der Waals surface area contributed by atoms with Crippen molar-refractivity contribution in [2.24, 2.45) is 0 Å². The molecule has 1 aliphatic heterocycles. The Morgan fingerprint density at radius 3 is 2.92 bits per heavy atom. The summed E-state index contributed by atoms with van der Waals surface area (Å²) in [4.78, 5) is 18.8. The van der Waals surface area contributed by atoms with Gasteiger partial charge in [-0.05, 0) is 49.2 Å². The first kappa shape index (κ1) is 16.1. The summed E-state index contributed by atoms with van der Waals surface area (Å²) < 4.78 is 10.6. The molecule has 1 aliphatic rings. The molecular weight excluding hydrogens is 304 g/mol. The molecule has 1 aromatic carbocycles. The number of pyridine rings is 1. The lowest BCUT2D eigenvalue weighted by atomic mass is 10.1. The Bertz CT molecular complexity index is 771. The van der Waals surface area contributed by atoms with Crippen LogP contribution in [0.15, 0.2) is 42.6 Å². The second kappa shape index (κ2) is 7.17. The SMILES string of the molecule is COc1ccc(OC)c(C=CC(=O)N2CCCc3ncccc32)c1. The van der Waals surface area contributed by atoms with Crippen molar-refractivity contribution in [3.05, 3.63) is 53.9 Å². The predicted molar refractivity (Wildman–Crippen MR) is 93.5 cm³/mol. The molecule has 24 heavy (non-hydrogen) atoms. The molecule has 0 unspecified atom stereocenters. The molecule has 0 atom stereocenters. The molecule has 2 aromatic rings. The maximum absolute atomic E-state index is 12.6. The molecule has 1 amide bonds. The topological polar surface area (TPSA) is 51.7 Å². The van der Waals surface area contributed by atoms with Crippen LogP contribution in [0.3, 0.4) is 0 Å². The van der Waals surface area contributed by atoms with Crippen LogP contribution in [0, 0.1) is 0 Å². The standard InChI is InChI=1S/C19H20N2O3/c1-23-15-8-9-18(24-2)14(13-15)7-10-19(22)21-12-4-5-16-17(21)6-3-11-20-16/h3,6-11,13H,4-5,12H2,1-2H3. The molecule has 2 heterocycles. The van der Waals surface area contributed by atoms with Crippen LogP contribution in [0.4, 0.5) is 5.69 Å². The number of carbonyl (C=O) groups excluding carboxylic acids is 1. The first-order chi connectivity index (χ1) is 11.7. The highest BCUT2D eigenvalue weighted by Gasteiger charge is 2.21. The van der Waals surface area contributed by atoms with Gasteiger partial charge in [0.25, 0.3) is 5.91 Å². The van der Waals surface area contributed by atoms with E-state index in [1.807, 2.05) is 30.3 Å². The van der Waals surface area contributed by atoms with E-state index in [0.29, 0.717) is 12.3 Å². The fourth-order valence-corrected chi connectivity index (χ4v) is 2.84. The molecule has 3 rings (SSSR count). The highest BCUT2D eigenvalue weighted by Crippen LogP contribution is 2.27. The number of nitrogens with zero attached hydrogens (tertiary/aromatic N) is 2. The van der Waals surface area contributed by atoms with Crippen LogP contribution in [0.2, 0.25) is 0 Å². The van der Waals surface area contributed by atoms with Crippen LogP contribution in [0.5, 0.6) is 11.5 Å². The van der Waals surface area contributed by atoms with Crippen molar-refractivity contribution in [3.63, 3.8) is 0 Å². The number of amides is 1. The molecule has 0 bridgehead atoms. The fourth-order valence-electron chi connectivity index (χ4n) is 2.84. The number of hydrogen-bond donors (Lipinski definition) is 0. The van der Waals surface area contributed by atoms with Gasteiger partial charge in [0.2, 0.25) is 0 Å². The Hall–Kier alpha value is -2.82. The molecule has 0 aliphatic carbocycles. The van der Waals surface area contributed by atoms with Gasteiger partial charge in [-0.3, -0.25) is 9.78 Å². The highest BCUT2D eigenvalue weighted by atomic mass is 16.5. The number of benzene rings is 1. The van der Waals surface area contributed by atoms with Gasteiger partial charge in [-0.25, -0.2) is 0 Å². The normalized spacial score (nSPS) is 13.7. The lowest BCUT2D eigenvalue weighted by molar-refractivity contribution is -0.114. The van der Waals surface area contributed by atoms with E-state index in [1.54, 1.807) is 37.5 Å². The summed E-state index contributed by atoms with van der Waals surface area (Å²) in [7, 11) is 3.21. The van der Waals surface area contributed by atoms with E-state index in [0.717, 1.165) is 35.5 Å². The maximum atomic E-state index is 12.6. The summed E-state index contributed by atoms with van der Waals surface area (Å²) in [6.07, 6.45) is 6.93. The minimum atomic E-state index is -0.0613. The Kier molecular flexibility index (Phi) is 4.79. The zero-order valence-corrected chi connectivity index (χ0v) is 13.9. The second-order valence-corrected chi connectivity index (χ2v) is 5.50. The van der Waals surface area contributed by atoms with E-state index in [-0.39, 0.29) is 5.91 Å². The summed E-state index contributed by atoms with van der Waals surface area (Å²) in [6, 6.07) is 9.29. The first-order valence-corrected chi connectivity index (χ1v) is 7.88. The van der Waals surface area contributed by atoms with Crippen molar-refractivity contribution in [2.45, 2.75) is 12.8 Å². The average molecular weight is 324 g/mol. The van der Waals surface area contributed by atoms with Crippen LogP contribution in [-0.2, 0) is 11.2 Å². The number of ether oxygens (including phenoxy) is 2. The van der Waals surface area contributed by atoms with Crippen molar-refractivity contribution in [1.29, 1.82) is 0 Å². The number of rotatable bonds is 4. The number of carbonyl (C=O) groups is 1. The molecule has 0 N–H and O–H groups in total. The zero-order valence-electron chi connectivity index (χ0n) is 13.9. The Morgan fingerprint density at radius 2 is 2.12 bits per heavy atom. The first-order valence-electron chi connectivity index (χ1n) is 7.88. The quantitative estimate of drug-likeness (QED) is 0.811. The molecule has 0 spiro atoms. The van der Waals surface area contributed by atoms with E-state index in [2.05, 4.69) is 4.98 Å². The maximum Gasteiger partial charge on any atom is 0.251 e. The lowest BCUT2D eigenvalue weighted by Gasteiger charge is -2.27. The number of anilines is 1. The minimum Gasteiger partial charge on any atom is -0.497 e. The predicted octanol–water partition coefficient (Wildman–Crippen LogP) is 3.09. The van der Waals surface area contributed by atoms with Crippen LogP contribution in [-0.4, -0.2) is 31.7 Å². The zero-order chi connectivity index (χ0) is 16.9. The Morgan fingerprint density at radius 1 is 1.25 bits per heavy atom. The van der Waals surface area contributed by atoms with Gasteiger partial charge in [0.1, 0.15) is 11.5 Å². The van der Waals surface area contributed by atoms with Crippen LogP contribution >= 0.6 is 0 Å². The number of aryl methyl sites for hydroxylation is 1. The fraction of sp³-hybridized carbons (Fsp3) is 0.263. The molecule has 5 heteroatoms. The third-order valence-corrected chi connectivity index (χ3v) is 4.06. The Labute approximate surface area is 141 Å². The van der Waals surface area contributed by atoms with Gasteiger partial charge >= 0.3 is 0 Å². The molecule has 0 saturated carbocycles. The number of methoxy groups -OCH3 is 2. The molecular formula is C19H20N2O3. The van der Waals surface area contributed by atoms with Gasteiger partial charge in [0.15, 0.2) is 0 Å². The summed E-state index contributed by atoms with van der Waals surface area (Å²) in [6.45, 7) is 0.705. The monoisotopic (exact) mass is 324 g/mol. The minimum absolute atomic E-state index is 0.0613. The summed E-state index contributed by atoms with van der Waals surface area (Å²) in [5.74, 6) is 1.35. The van der Waals surface area contributed by atoms with Crippen molar-refractivity contribution in [2.75, 3.05) is 25.7 Å². The smallest absolute Gasteiger partial charge is 0.251 e. The molecule has 0 radical (unpaired) electrons. The van der Waals surface area contributed by atoms with Gasteiger partial charge in [0, 0.05) is 24.4 Å². The molecule has 0 saturated heterocycles. The van der Waals surface area contributed by atoms with Gasteiger partial charge in [-0.2, -0.15) is 0 Å². The summed E-state index contributed by atoms with van der Waals surface area (Å²) in [5.41, 5.74) is 2.68. The van der Waals surface area contributed by atoms with Crippen molar-refractivity contribution < 1.29 is 14.3 Å². The average Bonchev–Trinajstić information content (AvgIpc) is 2.65. The lowest BCUT2D eigenvalue weighted by Crippen LogP contribution is -2.34. The second-order valence-electron chi connectivity index (χ2n) is 5.50. The largest absolute Gasteiger partial charge is 0.497 e. The van der Waals surface area contributed by atoms with E-state index in [4.69, 9.17) is 9.47 Å². The summed E-state index contributed by atoms with van der Waals surface area (Å²) >= 11 is 0. The van der Waals surface area contributed by atoms with E-state index in [9.17, 15) is 4.79 Å². The van der Waals surface area contributed by atoms with Gasteiger partial charge in [-0.1, -0.05) is 0 Å². The van der Waals surface area contributed by atoms with Crippen molar-refractivity contribution >= 4 is 17.7 Å². The van der Waals surface area contributed by atoms with E-state index >= 15 is 0 Å². The van der Waals surface area contributed by atoms with Crippen LogP contribution in [0.1, 0.15) is 17.7 Å². The van der Waals surface area contributed by atoms with Crippen molar-refractivity contribution in [1.82, 2.24) is 4.98 Å². The molecule has 1 aromatic heterocycles. The third kappa shape index (κ3) is 3.25. The molecule has 124 valence electrons. The van der Waals surface area contributed by atoms with Crippen molar-refractivity contribution in [3.8, 4) is 11.5 Å². The van der Waals surface area contributed by atoms with E-state index < -0.39 is 0 Å². The molecule has 5 nitrogen and oxygen atoms in total. The Balaban J connectivity index is 1.84. The summed E-state index contributed by atoms with van der Waals surface area (Å²) in [5, 5.41) is 0. The van der Waals surface area contributed by atoms with Crippen LogP contribution < -0.4 is 14.4 Å². The molecule has 0 fully saturated rings. The number of fused-ring (bicyclic) bond motifs is 1. The van der Waals surface area contributed by atoms with Gasteiger partial charge in [0.05, 0.1) is 25.6 Å². The van der Waals surface area contributed by atoms with Gasteiger partial charge < -0.3 is 14.4 Å². The highest BCUT2D eigenvalue weighted by molar-refractivity contribution is 6.04.